The van der Waals surface area contributed by atoms with Crippen LogP contribution >= 0.6 is 0 Å². The number of anilines is 2. The van der Waals surface area contributed by atoms with Crippen LogP contribution in [0.4, 0.5) is 12.0 Å². The fourth-order valence-corrected chi connectivity index (χ4v) is 2.16. The van der Waals surface area contributed by atoms with Gasteiger partial charge in [-0.05, 0) is 14.0 Å². The number of hydrogen-bond donors (Lipinski definition) is 1. The minimum Gasteiger partial charge on any atom is -0.338 e. The molecule has 1 fully saturated rings. The minimum absolute atomic E-state index is 0.413. The predicted molar refractivity (Wildman–Crippen MR) is 78.1 cm³/mol. The molecule has 0 unspecified atom stereocenters. The van der Waals surface area contributed by atoms with E-state index in [1.165, 1.54) is 0 Å². The Hall–Kier alpha value is -2.22. The van der Waals surface area contributed by atoms with Crippen LogP contribution in [0.5, 0.6) is 0 Å². The normalized spacial score (nSPS) is 16.2. The van der Waals surface area contributed by atoms with Crippen molar-refractivity contribution in [2.75, 3.05) is 43.4 Å². The molecule has 0 amide bonds. The maximum absolute atomic E-state index is 4.99. The SMILES string of the molecule is Cc1noc(NCc2cnc(N3CCN(C)CC3)nc2)n1. The summed E-state index contributed by atoms with van der Waals surface area (Å²) >= 11 is 0. The molecule has 8 nitrogen and oxygen atoms in total. The second-order valence-corrected chi connectivity index (χ2v) is 5.18. The van der Waals surface area contributed by atoms with E-state index in [1.807, 2.05) is 12.4 Å². The molecule has 1 aliphatic heterocycles. The van der Waals surface area contributed by atoms with Crippen LogP contribution in [0.2, 0.25) is 0 Å². The average molecular weight is 289 g/mol. The average Bonchev–Trinajstić information content (AvgIpc) is 2.92. The summed E-state index contributed by atoms with van der Waals surface area (Å²) in [6.45, 7) is 6.37. The van der Waals surface area contributed by atoms with Crippen LogP contribution in [0.15, 0.2) is 16.9 Å². The highest BCUT2D eigenvalue weighted by Gasteiger charge is 2.16. The lowest BCUT2D eigenvalue weighted by Crippen LogP contribution is -2.45. The largest absolute Gasteiger partial charge is 0.338 e. The van der Waals surface area contributed by atoms with Gasteiger partial charge in [-0.25, -0.2) is 9.97 Å². The van der Waals surface area contributed by atoms with Gasteiger partial charge in [-0.2, -0.15) is 4.98 Å². The highest BCUT2D eigenvalue weighted by Crippen LogP contribution is 2.11. The first-order valence-corrected chi connectivity index (χ1v) is 6.99. The topological polar surface area (TPSA) is 83.2 Å². The summed E-state index contributed by atoms with van der Waals surface area (Å²) in [4.78, 5) is 17.5. The third-order valence-corrected chi connectivity index (χ3v) is 3.45. The van der Waals surface area contributed by atoms with E-state index in [-0.39, 0.29) is 0 Å². The van der Waals surface area contributed by atoms with Crippen molar-refractivity contribution in [2.45, 2.75) is 13.5 Å². The zero-order chi connectivity index (χ0) is 14.7. The molecule has 1 aliphatic rings. The van der Waals surface area contributed by atoms with E-state index in [1.54, 1.807) is 6.92 Å². The zero-order valence-corrected chi connectivity index (χ0v) is 12.3. The molecular formula is C13H19N7O. The van der Waals surface area contributed by atoms with Crippen LogP contribution in [0.1, 0.15) is 11.4 Å². The van der Waals surface area contributed by atoms with Gasteiger partial charge in [0.05, 0.1) is 0 Å². The third kappa shape index (κ3) is 3.46. The van der Waals surface area contributed by atoms with Crippen molar-refractivity contribution in [2.24, 2.45) is 0 Å². The van der Waals surface area contributed by atoms with Gasteiger partial charge in [0.25, 0.3) is 0 Å². The van der Waals surface area contributed by atoms with E-state index < -0.39 is 0 Å². The van der Waals surface area contributed by atoms with Crippen molar-refractivity contribution in [3.8, 4) is 0 Å². The van der Waals surface area contributed by atoms with E-state index in [0.29, 0.717) is 18.4 Å². The molecule has 0 saturated carbocycles. The second-order valence-electron chi connectivity index (χ2n) is 5.18. The summed E-state index contributed by atoms with van der Waals surface area (Å²) in [6.07, 6.45) is 3.66. The molecule has 0 radical (unpaired) electrons. The molecule has 0 spiro atoms. The number of likely N-dealkylation sites (N-methyl/N-ethyl adjacent to an activating group) is 1. The van der Waals surface area contributed by atoms with Gasteiger partial charge in [-0.15, -0.1) is 0 Å². The van der Waals surface area contributed by atoms with E-state index >= 15 is 0 Å². The molecular weight excluding hydrogens is 270 g/mol. The van der Waals surface area contributed by atoms with Crippen molar-refractivity contribution in [3.63, 3.8) is 0 Å². The Balaban J connectivity index is 1.56. The highest BCUT2D eigenvalue weighted by molar-refractivity contribution is 5.31. The predicted octanol–water partition coefficient (Wildman–Crippen LogP) is 0.532. The first-order chi connectivity index (χ1) is 10.2. The summed E-state index contributed by atoms with van der Waals surface area (Å²) in [5.41, 5.74) is 0.976. The van der Waals surface area contributed by atoms with Crippen LogP contribution < -0.4 is 10.2 Å². The Morgan fingerprint density at radius 1 is 1.19 bits per heavy atom. The quantitative estimate of drug-likeness (QED) is 0.873. The van der Waals surface area contributed by atoms with Crippen LogP contribution in [-0.2, 0) is 6.54 Å². The van der Waals surface area contributed by atoms with Gasteiger partial charge in [0, 0.05) is 50.7 Å². The molecule has 2 aromatic rings. The van der Waals surface area contributed by atoms with Crippen molar-refractivity contribution in [1.82, 2.24) is 25.0 Å². The first kappa shape index (κ1) is 13.7. The molecule has 3 rings (SSSR count). The summed E-state index contributed by atoms with van der Waals surface area (Å²) in [7, 11) is 2.13. The van der Waals surface area contributed by atoms with Gasteiger partial charge >= 0.3 is 6.01 Å². The Kier molecular flexibility index (Phi) is 3.96. The Morgan fingerprint density at radius 2 is 1.90 bits per heavy atom. The monoisotopic (exact) mass is 289 g/mol. The van der Waals surface area contributed by atoms with E-state index in [0.717, 1.165) is 37.7 Å². The molecule has 8 heteroatoms. The Labute approximate surface area is 123 Å². The number of aryl methyl sites for hydroxylation is 1. The van der Waals surface area contributed by atoms with E-state index in [9.17, 15) is 0 Å². The maximum Gasteiger partial charge on any atom is 0.321 e. The number of aromatic nitrogens is 4. The smallest absolute Gasteiger partial charge is 0.321 e. The number of hydrogen-bond acceptors (Lipinski definition) is 8. The molecule has 21 heavy (non-hydrogen) atoms. The number of nitrogens with zero attached hydrogens (tertiary/aromatic N) is 6. The number of piperazine rings is 1. The van der Waals surface area contributed by atoms with Crippen molar-refractivity contribution in [3.05, 3.63) is 23.8 Å². The molecule has 3 heterocycles. The molecule has 1 N–H and O–H groups in total. The number of nitrogens with one attached hydrogen (secondary N) is 1. The lowest BCUT2D eigenvalue weighted by Gasteiger charge is -2.32. The van der Waals surface area contributed by atoms with Crippen molar-refractivity contribution >= 4 is 12.0 Å². The van der Waals surface area contributed by atoms with Crippen LogP contribution in [0.25, 0.3) is 0 Å². The van der Waals surface area contributed by atoms with Crippen molar-refractivity contribution < 1.29 is 4.52 Å². The minimum atomic E-state index is 0.413. The Bertz CT molecular complexity index is 574. The van der Waals surface area contributed by atoms with Gasteiger partial charge in [0.2, 0.25) is 5.95 Å². The molecule has 2 aromatic heterocycles. The first-order valence-electron chi connectivity index (χ1n) is 6.99. The second kappa shape index (κ2) is 6.04. The van der Waals surface area contributed by atoms with Gasteiger partial charge in [-0.1, -0.05) is 5.16 Å². The van der Waals surface area contributed by atoms with Gasteiger partial charge in [0.1, 0.15) is 0 Å². The van der Waals surface area contributed by atoms with Crippen molar-refractivity contribution in [1.29, 1.82) is 0 Å². The Morgan fingerprint density at radius 3 is 2.52 bits per heavy atom. The summed E-state index contributed by atoms with van der Waals surface area (Å²) in [5, 5.41) is 6.77. The third-order valence-electron chi connectivity index (χ3n) is 3.45. The van der Waals surface area contributed by atoms with Crippen LogP contribution in [-0.4, -0.2) is 58.2 Å². The van der Waals surface area contributed by atoms with Gasteiger partial charge < -0.3 is 19.6 Å². The fraction of sp³-hybridized carbons (Fsp3) is 0.538. The lowest BCUT2D eigenvalue weighted by atomic mass is 10.3. The summed E-state index contributed by atoms with van der Waals surface area (Å²) in [6, 6.07) is 0.413. The molecule has 112 valence electrons. The summed E-state index contributed by atoms with van der Waals surface area (Å²) in [5.74, 6) is 1.40. The lowest BCUT2D eigenvalue weighted by molar-refractivity contribution is 0.311. The summed E-state index contributed by atoms with van der Waals surface area (Å²) < 4.78 is 4.99. The molecule has 1 saturated heterocycles. The van der Waals surface area contributed by atoms with Crippen LogP contribution in [0, 0.1) is 6.92 Å². The molecule has 0 bridgehead atoms. The van der Waals surface area contributed by atoms with Gasteiger partial charge in [-0.3, -0.25) is 0 Å². The van der Waals surface area contributed by atoms with Gasteiger partial charge in [0.15, 0.2) is 5.82 Å². The standard InChI is InChI=1S/C13H19N7O/c1-10-17-13(21-18-10)16-9-11-7-14-12(15-8-11)20-5-3-19(2)4-6-20/h7-8H,3-6,9H2,1-2H3,(H,16,17,18). The maximum atomic E-state index is 4.99. The fourth-order valence-electron chi connectivity index (χ4n) is 2.16. The molecule has 0 atom stereocenters. The van der Waals surface area contributed by atoms with Crippen LogP contribution in [0.3, 0.4) is 0 Å². The highest BCUT2D eigenvalue weighted by atomic mass is 16.5. The number of rotatable bonds is 4. The molecule has 0 aromatic carbocycles. The molecule has 0 aliphatic carbocycles. The zero-order valence-electron chi connectivity index (χ0n) is 12.3. The van der Waals surface area contributed by atoms with E-state index in [4.69, 9.17) is 4.52 Å². The van der Waals surface area contributed by atoms with E-state index in [2.05, 4.69) is 42.3 Å².